The van der Waals surface area contributed by atoms with E-state index in [1.165, 1.54) is 12.0 Å². The lowest BCUT2D eigenvalue weighted by Crippen LogP contribution is -2.46. The molecular weight excluding hydrogens is 388 g/mol. The van der Waals surface area contributed by atoms with Crippen molar-refractivity contribution in [3.05, 3.63) is 48.0 Å². The number of fused-ring (bicyclic) bond motifs is 1. The van der Waals surface area contributed by atoms with Gasteiger partial charge in [0, 0.05) is 11.6 Å². The van der Waals surface area contributed by atoms with Gasteiger partial charge in [-0.05, 0) is 44.2 Å². The molecule has 30 heavy (non-hydrogen) atoms. The number of para-hydroxylation sites is 2. The van der Waals surface area contributed by atoms with Crippen LogP contribution < -0.4 is 24.4 Å². The Bertz CT molecular complexity index is 956. The Balaban J connectivity index is 1.77. The highest BCUT2D eigenvalue weighted by molar-refractivity contribution is 6.04. The molecule has 1 aliphatic heterocycles. The van der Waals surface area contributed by atoms with Gasteiger partial charge in [0.15, 0.2) is 30.5 Å². The fourth-order valence-corrected chi connectivity index (χ4v) is 3.02. The first kappa shape index (κ1) is 21.2. The van der Waals surface area contributed by atoms with E-state index in [4.69, 9.17) is 14.2 Å². The summed E-state index contributed by atoms with van der Waals surface area (Å²) in [6.45, 7) is 3.16. The van der Waals surface area contributed by atoms with Crippen molar-refractivity contribution in [3.8, 4) is 17.2 Å². The van der Waals surface area contributed by atoms with E-state index >= 15 is 0 Å². The molecule has 2 aromatic carbocycles. The van der Waals surface area contributed by atoms with Crippen molar-refractivity contribution < 1.29 is 28.6 Å². The van der Waals surface area contributed by atoms with Crippen LogP contribution in [0.3, 0.4) is 0 Å². The van der Waals surface area contributed by atoms with Crippen LogP contribution in [0.2, 0.25) is 0 Å². The number of methoxy groups -OCH3 is 1. The highest BCUT2D eigenvalue weighted by atomic mass is 16.5. The molecule has 8 heteroatoms. The van der Waals surface area contributed by atoms with E-state index in [0.717, 1.165) is 0 Å². The second kappa shape index (κ2) is 9.30. The maximum Gasteiger partial charge on any atom is 0.265 e. The SMILES string of the molecule is COc1ccccc1OCC(=O)c1ccc2c(c1)N(CC(=O)NC(C)C)C(=O)CO2. The molecule has 0 aliphatic carbocycles. The largest absolute Gasteiger partial charge is 0.493 e. The zero-order valence-electron chi connectivity index (χ0n) is 17.1. The summed E-state index contributed by atoms with van der Waals surface area (Å²) in [6.07, 6.45) is 0. The van der Waals surface area contributed by atoms with E-state index < -0.39 is 0 Å². The van der Waals surface area contributed by atoms with E-state index in [0.29, 0.717) is 28.5 Å². The zero-order valence-corrected chi connectivity index (χ0v) is 17.1. The lowest BCUT2D eigenvalue weighted by atomic mass is 10.1. The van der Waals surface area contributed by atoms with Crippen molar-refractivity contribution in [2.24, 2.45) is 0 Å². The average Bonchev–Trinajstić information content (AvgIpc) is 2.73. The zero-order chi connectivity index (χ0) is 21.7. The van der Waals surface area contributed by atoms with E-state index in [1.54, 1.807) is 42.5 Å². The average molecular weight is 412 g/mol. The van der Waals surface area contributed by atoms with Gasteiger partial charge in [0.1, 0.15) is 12.3 Å². The number of Topliss-reactive ketones (excluding diaryl/α,β-unsaturated/α-hetero) is 1. The number of ether oxygens (including phenoxy) is 3. The van der Waals surface area contributed by atoms with Gasteiger partial charge in [-0.25, -0.2) is 0 Å². The van der Waals surface area contributed by atoms with Crippen LogP contribution in [0.5, 0.6) is 17.2 Å². The smallest absolute Gasteiger partial charge is 0.265 e. The molecule has 2 amide bonds. The predicted molar refractivity (Wildman–Crippen MR) is 110 cm³/mol. The van der Waals surface area contributed by atoms with Crippen molar-refractivity contribution in [1.29, 1.82) is 0 Å². The van der Waals surface area contributed by atoms with Gasteiger partial charge in [0.05, 0.1) is 12.8 Å². The first-order valence-electron chi connectivity index (χ1n) is 9.54. The quantitative estimate of drug-likeness (QED) is 0.668. The number of rotatable bonds is 8. The maximum atomic E-state index is 12.7. The minimum absolute atomic E-state index is 0.0480. The number of anilines is 1. The normalized spacial score (nSPS) is 12.8. The second-order valence-electron chi connectivity index (χ2n) is 7.04. The molecule has 1 heterocycles. The Kier molecular flexibility index (Phi) is 6.56. The van der Waals surface area contributed by atoms with Gasteiger partial charge >= 0.3 is 0 Å². The molecule has 0 spiro atoms. The summed E-state index contributed by atoms with van der Waals surface area (Å²) in [5, 5.41) is 2.76. The third kappa shape index (κ3) is 4.89. The second-order valence-corrected chi connectivity index (χ2v) is 7.04. The van der Waals surface area contributed by atoms with Crippen LogP contribution in [0.1, 0.15) is 24.2 Å². The number of benzene rings is 2. The van der Waals surface area contributed by atoms with Gasteiger partial charge in [-0.2, -0.15) is 0 Å². The molecule has 0 saturated heterocycles. The number of hydrogen-bond acceptors (Lipinski definition) is 6. The van der Waals surface area contributed by atoms with Crippen molar-refractivity contribution in [3.63, 3.8) is 0 Å². The molecule has 1 aliphatic rings. The van der Waals surface area contributed by atoms with Crippen LogP contribution >= 0.6 is 0 Å². The first-order chi connectivity index (χ1) is 14.4. The molecule has 3 rings (SSSR count). The number of ketones is 1. The summed E-state index contributed by atoms with van der Waals surface area (Å²) < 4.78 is 16.2. The molecule has 0 aromatic heterocycles. The van der Waals surface area contributed by atoms with E-state index in [1.807, 2.05) is 13.8 Å². The minimum atomic E-state index is -0.351. The van der Waals surface area contributed by atoms with Gasteiger partial charge < -0.3 is 19.5 Å². The molecule has 0 atom stereocenters. The number of nitrogens with zero attached hydrogens (tertiary/aromatic N) is 1. The summed E-state index contributed by atoms with van der Waals surface area (Å²) in [6, 6.07) is 11.8. The predicted octanol–water partition coefficient (Wildman–Crippen LogP) is 2.21. The fourth-order valence-electron chi connectivity index (χ4n) is 3.02. The molecule has 0 unspecified atom stereocenters. The minimum Gasteiger partial charge on any atom is -0.493 e. The summed E-state index contributed by atoms with van der Waals surface area (Å²) in [4.78, 5) is 38.5. The van der Waals surface area contributed by atoms with Gasteiger partial charge in [-0.15, -0.1) is 0 Å². The summed E-state index contributed by atoms with van der Waals surface area (Å²) in [7, 11) is 1.52. The van der Waals surface area contributed by atoms with Gasteiger partial charge in [-0.3, -0.25) is 19.3 Å². The molecule has 0 bridgehead atoms. The standard InChI is InChI=1S/C22H24N2O6/c1-14(2)23-21(26)11-24-16-10-15(8-9-18(16)30-13-22(24)27)17(25)12-29-20-7-5-4-6-19(20)28-3/h4-10,14H,11-13H2,1-3H3,(H,23,26). The molecule has 158 valence electrons. The first-order valence-corrected chi connectivity index (χ1v) is 9.54. The van der Waals surface area contributed by atoms with Crippen LogP contribution in [0.15, 0.2) is 42.5 Å². The molecular formula is C22H24N2O6. The molecule has 0 fully saturated rings. The monoisotopic (exact) mass is 412 g/mol. The third-order valence-corrected chi connectivity index (χ3v) is 4.40. The molecule has 2 aromatic rings. The molecule has 0 saturated carbocycles. The molecule has 0 radical (unpaired) electrons. The van der Waals surface area contributed by atoms with E-state index in [9.17, 15) is 14.4 Å². The van der Waals surface area contributed by atoms with Gasteiger partial charge in [-0.1, -0.05) is 12.1 Å². The fraction of sp³-hybridized carbons (Fsp3) is 0.318. The summed E-state index contributed by atoms with van der Waals surface area (Å²) in [5.74, 6) is 0.495. The Hall–Kier alpha value is -3.55. The maximum absolute atomic E-state index is 12.7. The molecule has 1 N–H and O–H groups in total. The van der Waals surface area contributed by atoms with Gasteiger partial charge in [0.2, 0.25) is 5.91 Å². The van der Waals surface area contributed by atoms with Crippen molar-refractivity contribution in [1.82, 2.24) is 5.32 Å². The number of carbonyl (C=O) groups excluding carboxylic acids is 3. The summed E-state index contributed by atoms with van der Waals surface area (Å²) in [5.41, 5.74) is 0.726. The lowest BCUT2D eigenvalue weighted by Gasteiger charge is -2.29. The Morgan fingerprint density at radius 1 is 1.17 bits per heavy atom. The van der Waals surface area contributed by atoms with Crippen LogP contribution in [-0.2, 0) is 9.59 Å². The number of amides is 2. The highest BCUT2D eigenvalue weighted by Crippen LogP contribution is 2.33. The lowest BCUT2D eigenvalue weighted by molar-refractivity contribution is -0.125. The van der Waals surface area contributed by atoms with Crippen LogP contribution in [0.4, 0.5) is 5.69 Å². The summed E-state index contributed by atoms with van der Waals surface area (Å²) >= 11 is 0. The van der Waals surface area contributed by atoms with Crippen molar-refractivity contribution >= 4 is 23.3 Å². The Labute approximate surface area is 174 Å². The van der Waals surface area contributed by atoms with E-state index in [2.05, 4.69) is 5.32 Å². The van der Waals surface area contributed by atoms with Crippen LogP contribution in [-0.4, -0.2) is 50.5 Å². The van der Waals surface area contributed by atoms with E-state index in [-0.39, 0.29) is 43.4 Å². The number of nitrogens with one attached hydrogen (secondary N) is 1. The van der Waals surface area contributed by atoms with Crippen LogP contribution in [0, 0.1) is 0 Å². The van der Waals surface area contributed by atoms with Gasteiger partial charge in [0.25, 0.3) is 5.91 Å². The number of hydrogen-bond donors (Lipinski definition) is 1. The van der Waals surface area contributed by atoms with Crippen molar-refractivity contribution in [2.45, 2.75) is 19.9 Å². The third-order valence-electron chi connectivity index (χ3n) is 4.40. The Morgan fingerprint density at radius 3 is 2.60 bits per heavy atom. The topological polar surface area (TPSA) is 94.2 Å². The van der Waals surface area contributed by atoms with Crippen molar-refractivity contribution in [2.75, 3.05) is 31.8 Å². The molecule has 8 nitrogen and oxygen atoms in total. The Morgan fingerprint density at radius 2 is 1.90 bits per heavy atom. The van der Waals surface area contributed by atoms with Crippen LogP contribution in [0.25, 0.3) is 0 Å². The highest BCUT2D eigenvalue weighted by Gasteiger charge is 2.28. The number of carbonyl (C=O) groups is 3.